The third-order valence-electron chi connectivity index (χ3n) is 4.73. The number of ketones is 1. The van der Waals surface area contributed by atoms with Crippen LogP contribution in [-0.4, -0.2) is 27.6 Å². The maximum Gasteiger partial charge on any atom is 0.209 e. The van der Waals surface area contributed by atoms with E-state index in [-0.39, 0.29) is 17.6 Å². The molecule has 0 fully saturated rings. The van der Waals surface area contributed by atoms with Gasteiger partial charge in [-0.2, -0.15) is 0 Å². The molecule has 2 N–H and O–H groups in total. The lowest BCUT2D eigenvalue weighted by molar-refractivity contribution is -0.114. The van der Waals surface area contributed by atoms with Crippen molar-refractivity contribution in [2.75, 3.05) is 12.4 Å². The summed E-state index contributed by atoms with van der Waals surface area (Å²) in [6.45, 7) is 3.43. The molecule has 2 aromatic carbocycles. The summed E-state index contributed by atoms with van der Waals surface area (Å²) in [6, 6.07) is 12.6. The predicted octanol–water partition coefficient (Wildman–Crippen LogP) is 3.63. The van der Waals surface area contributed by atoms with Gasteiger partial charge in [0.2, 0.25) is 5.95 Å². The molecule has 26 heavy (non-hydrogen) atoms. The summed E-state index contributed by atoms with van der Waals surface area (Å²) < 4.78 is 7.15. The first-order chi connectivity index (χ1) is 12.5. The van der Waals surface area contributed by atoms with Crippen LogP contribution in [0.15, 0.2) is 53.7 Å². The highest BCUT2D eigenvalue weighted by molar-refractivity contribution is 5.97. The first-order valence-corrected chi connectivity index (χ1v) is 8.34. The Morgan fingerprint density at radius 3 is 2.73 bits per heavy atom. The minimum absolute atomic E-state index is 0.0289. The van der Waals surface area contributed by atoms with Gasteiger partial charge in [0.1, 0.15) is 0 Å². The number of anilines is 1. The maximum atomic E-state index is 12.4. The molecular weight excluding hydrogens is 330 g/mol. The summed E-state index contributed by atoms with van der Waals surface area (Å²) >= 11 is 0. The summed E-state index contributed by atoms with van der Waals surface area (Å²) in [6.07, 6.45) is 0. The Bertz CT molecular complexity index is 1070. The molecule has 0 saturated heterocycles. The molecule has 1 aliphatic rings. The zero-order valence-corrected chi connectivity index (χ0v) is 14.8. The van der Waals surface area contributed by atoms with Crippen LogP contribution in [-0.2, 0) is 4.79 Å². The molecule has 2 heterocycles. The number of benzene rings is 2. The molecule has 6 nitrogen and oxygen atoms in total. The smallest absolute Gasteiger partial charge is 0.209 e. The number of ether oxygens (including phenoxy) is 1. The predicted molar refractivity (Wildman–Crippen MR) is 99.5 cm³/mol. The van der Waals surface area contributed by atoms with Crippen LogP contribution in [0.5, 0.6) is 11.5 Å². The van der Waals surface area contributed by atoms with Crippen molar-refractivity contribution in [3.05, 3.63) is 59.3 Å². The molecule has 4 rings (SSSR count). The van der Waals surface area contributed by atoms with Gasteiger partial charge in [0.25, 0.3) is 0 Å². The Morgan fingerprint density at radius 2 is 2.04 bits per heavy atom. The summed E-state index contributed by atoms with van der Waals surface area (Å²) in [5.74, 6) is 1.08. The quantitative estimate of drug-likeness (QED) is 0.755. The molecule has 0 amide bonds. The van der Waals surface area contributed by atoms with E-state index in [4.69, 9.17) is 4.74 Å². The number of methoxy groups -OCH3 is 1. The molecule has 1 aliphatic heterocycles. The Kier molecular flexibility index (Phi) is 3.68. The van der Waals surface area contributed by atoms with Crippen LogP contribution in [0.2, 0.25) is 0 Å². The van der Waals surface area contributed by atoms with Crippen molar-refractivity contribution in [3.63, 3.8) is 0 Å². The fourth-order valence-electron chi connectivity index (χ4n) is 3.61. The second-order valence-corrected chi connectivity index (χ2v) is 6.35. The van der Waals surface area contributed by atoms with E-state index in [1.165, 1.54) is 7.11 Å². The van der Waals surface area contributed by atoms with Crippen LogP contribution in [0.25, 0.3) is 11.0 Å². The van der Waals surface area contributed by atoms with E-state index >= 15 is 0 Å². The van der Waals surface area contributed by atoms with Crippen LogP contribution in [0.1, 0.15) is 25.5 Å². The number of carbonyl (C=O) groups is 1. The summed E-state index contributed by atoms with van der Waals surface area (Å²) in [7, 11) is 1.51. The number of aromatic nitrogens is 2. The highest BCUT2D eigenvalue weighted by atomic mass is 16.5. The molecule has 0 saturated carbocycles. The van der Waals surface area contributed by atoms with Gasteiger partial charge in [-0.25, -0.2) is 4.98 Å². The number of carbonyl (C=O) groups excluding carboxylic acids is 1. The number of phenols is 1. The van der Waals surface area contributed by atoms with Gasteiger partial charge in [-0.05, 0) is 43.7 Å². The third-order valence-corrected chi connectivity index (χ3v) is 4.73. The lowest BCUT2D eigenvalue weighted by atomic mass is 9.92. The van der Waals surface area contributed by atoms with E-state index in [1.54, 1.807) is 19.1 Å². The van der Waals surface area contributed by atoms with Gasteiger partial charge < -0.3 is 15.2 Å². The monoisotopic (exact) mass is 349 g/mol. The first-order valence-electron chi connectivity index (χ1n) is 8.34. The van der Waals surface area contributed by atoms with Crippen molar-refractivity contribution in [1.29, 1.82) is 0 Å². The largest absolute Gasteiger partial charge is 0.504 e. The highest BCUT2D eigenvalue weighted by Crippen LogP contribution is 2.41. The Hall–Kier alpha value is -3.28. The molecule has 0 spiro atoms. The average Bonchev–Trinajstić information content (AvgIpc) is 2.97. The van der Waals surface area contributed by atoms with Crippen molar-refractivity contribution >= 4 is 22.8 Å². The molecule has 1 aromatic heterocycles. The maximum absolute atomic E-state index is 12.4. The van der Waals surface area contributed by atoms with E-state index in [0.29, 0.717) is 17.3 Å². The number of fused-ring (bicyclic) bond motifs is 3. The third kappa shape index (κ3) is 2.34. The lowest BCUT2D eigenvalue weighted by Gasteiger charge is -2.30. The van der Waals surface area contributed by atoms with Crippen LogP contribution < -0.4 is 10.1 Å². The molecular formula is C20H19N3O3. The molecule has 6 heteroatoms. The zero-order valence-electron chi connectivity index (χ0n) is 14.8. The number of nitrogens with one attached hydrogen (secondary N) is 1. The number of Topliss-reactive ketones (excluding diaryl/α,β-unsaturated/α-hetero) is 1. The van der Waals surface area contributed by atoms with Crippen molar-refractivity contribution in [3.8, 4) is 11.5 Å². The molecule has 3 aromatic rings. The van der Waals surface area contributed by atoms with Gasteiger partial charge >= 0.3 is 0 Å². The standard InChI is InChI=1S/C20H19N3O3/c1-11-18(12(2)24)19(13-8-9-17(26-3)16(25)10-13)23-15-7-5-4-6-14(15)22-20(23)21-11/h4-10,19,25H,1-3H3,(H,21,22)/t19-/m0/s1. The van der Waals surface area contributed by atoms with Gasteiger partial charge in [0.15, 0.2) is 17.3 Å². The van der Waals surface area contributed by atoms with Gasteiger partial charge in [0, 0.05) is 11.3 Å². The fraction of sp³-hybridized carbons (Fsp3) is 0.200. The fourth-order valence-corrected chi connectivity index (χ4v) is 3.61. The SMILES string of the molecule is COc1ccc([C@H]2C(C(C)=O)=C(C)Nc3nc4ccccc4n32)cc1O. The van der Waals surface area contributed by atoms with E-state index in [0.717, 1.165) is 22.3 Å². The second-order valence-electron chi connectivity index (χ2n) is 6.35. The number of phenolic OH excluding ortho intramolecular Hbond substituents is 1. The molecule has 1 atom stereocenters. The Morgan fingerprint density at radius 1 is 1.27 bits per heavy atom. The molecule has 0 aliphatic carbocycles. The van der Waals surface area contributed by atoms with Crippen LogP contribution in [0, 0.1) is 0 Å². The first kappa shape index (κ1) is 16.2. The number of allylic oxidation sites excluding steroid dienone is 2. The molecule has 0 unspecified atom stereocenters. The molecule has 0 radical (unpaired) electrons. The lowest BCUT2D eigenvalue weighted by Crippen LogP contribution is -2.27. The number of imidazole rings is 1. The summed E-state index contributed by atoms with van der Waals surface area (Å²) in [5, 5.41) is 13.5. The summed E-state index contributed by atoms with van der Waals surface area (Å²) in [5.41, 5.74) is 3.96. The Labute approximate surface area is 150 Å². The van der Waals surface area contributed by atoms with E-state index in [9.17, 15) is 9.90 Å². The number of hydrogen-bond acceptors (Lipinski definition) is 5. The van der Waals surface area contributed by atoms with Gasteiger partial charge in [0.05, 0.1) is 24.2 Å². The van der Waals surface area contributed by atoms with Crippen molar-refractivity contribution in [2.45, 2.75) is 19.9 Å². The number of para-hydroxylation sites is 2. The topological polar surface area (TPSA) is 76.4 Å². The van der Waals surface area contributed by atoms with E-state index in [1.807, 2.05) is 41.8 Å². The van der Waals surface area contributed by atoms with E-state index < -0.39 is 0 Å². The van der Waals surface area contributed by atoms with Gasteiger partial charge in [-0.3, -0.25) is 9.36 Å². The minimum atomic E-state index is -0.382. The van der Waals surface area contributed by atoms with Crippen LogP contribution in [0.4, 0.5) is 5.95 Å². The number of hydrogen-bond donors (Lipinski definition) is 2. The molecule has 0 bridgehead atoms. The molecule has 132 valence electrons. The van der Waals surface area contributed by atoms with Crippen molar-refractivity contribution in [2.24, 2.45) is 0 Å². The zero-order chi connectivity index (χ0) is 18.4. The van der Waals surface area contributed by atoms with Crippen molar-refractivity contribution in [1.82, 2.24) is 9.55 Å². The van der Waals surface area contributed by atoms with Crippen molar-refractivity contribution < 1.29 is 14.6 Å². The average molecular weight is 349 g/mol. The number of rotatable bonds is 3. The normalized spacial score (nSPS) is 16.3. The van der Waals surface area contributed by atoms with Gasteiger partial charge in [-0.1, -0.05) is 18.2 Å². The van der Waals surface area contributed by atoms with Gasteiger partial charge in [-0.15, -0.1) is 0 Å². The Balaban J connectivity index is 2.01. The number of aromatic hydroxyl groups is 1. The highest BCUT2D eigenvalue weighted by Gasteiger charge is 2.32. The minimum Gasteiger partial charge on any atom is -0.504 e. The van der Waals surface area contributed by atoms with Crippen LogP contribution in [0.3, 0.4) is 0 Å². The summed E-state index contributed by atoms with van der Waals surface area (Å²) in [4.78, 5) is 17.1. The van der Waals surface area contributed by atoms with E-state index in [2.05, 4.69) is 10.3 Å². The number of nitrogens with zero attached hydrogens (tertiary/aromatic N) is 2. The second kappa shape index (κ2) is 5.91. The van der Waals surface area contributed by atoms with Crippen LogP contribution >= 0.6 is 0 Å².